The molecule has 2 rings (SSSR count). The second-order valence-corrected chi connectivity index (χ2v) is 7.09. The highest BCUT2D eigenvalue weighted by Gasteiger charge is 2.26. The third kappa shape index (κ3) is 3.38. The summed E-state index contributed by atoms with van der Waals surface area (Å²) in [6.07, 6.45) is 5.58. The summed E-state index contributed by atoms with van der Waals surface area (Å²) in [7, 11) is -3.64. The molecule has 1 aromatic rings. The molecule has 0 saturated heterocycles. The van der Waals surface area contributed by atoms with Crippen LogP contribution in [0.1, 0.15) is 32.6 Å². The van der Waals surface area contributed by atoms with E-state index in [1.54, 1.807) is 0 Å². The van der Waals surface area contributed by atoms with Gasteiger partial charge in [0.05, 0.1) is 4.90 Å². The summed E-state index contributed by atoms with van der Waals surface area (Å²) >= 11 is 5.65. The Kier molecular flexibility index (Phi) is 4.32. The first-order chi connectivity index (χ1) is 8.90. The monoisotopic (exact) mass is 304 g/mol. The predicted molar refractivity (Wildman–Crippen MR) is 73.8 cm³/mol. The number of aromatic amines is 1. The molecule has 1 fully saturated rings. The SMILES string of the molecule is CC(NS(=O)(=O)c1c[nH]c(=O)c(Cl)c1)C1CCCC1. The minimum Gasteiger partial charge on any atom is -0.326 e. The minimum atomic E-state index is -3.64. The summed E-state index contributed by atoms with van der Waals surface area (Å²) in [5.74, 6) is 0.382. The summed E-state index contributed by atoms with van der Waals surface area (Å²) in [5.41, 5.74) is -0.496. The van der Waals surface area contributed by atoms with Gasteiger partial charge < -0.3 is 4.98 Å². The number of hydrogen-bond acceptors (Lipinski definition) is 3. The first kappa shape index (κ1) is 14.6. The number of halogens is 1. The number of H-pyrrole nitrogens is 1. The Hall–Kier alpha value is -0.850. The van der Waals surface area contributed by atoms with Crippen LogP contribution in [-0.4, -0.2) is 19.4 Å². The lowest BCUT2D eigenvalue weighted by Gasteiger charge is -2.20. The molecule has 0 amide bonds. The van der Waals surface area contributed by atoms with Crippen LogP contribution in [0, 0.1) is 5.92 Å². The van der Waals surface area contributed by atoms with Crippen molar-refractivity contribution < 1.29 is 8.42 Å². The van der Waals surface area contributed by atoms with E-state index in [1.165, 1.54) is 6.07 Å². The number of pyridine rings is 1. The molecule has 1 heterocycles. The van der Waals surface area contributed by atoms with Crippen LogP contribution >= 0.6 is 11.6 Å². The molecule has 0 aliphatic heterocycles. The Bertz CT molecular complexity index is 606. The molecule has 5 nitrogen and oxygen atoms in total. The largest absolute Gasteiger partial charge is 0.326 e. The number of nitrogens with one attached hydrogen (secondary N) is 2. The molecular weight excluding hydrogens is 288 g/mol. The maximum absolute atomic E-state index is 12.2. The average Bonchev–Trinajstić information content (AvgIpc) is 2.85. The molecule has 7 heteroatoms. The van der Waals surface area contributed by atoms with Crippen LogP contribution in [0.2, 0.25) is 5.02 Å². The highest BCUT2D eigenvalue weighted by atomic mass is 35.5. The first-order valence-corrected chi connectivity index (χ1v) is 8.17. The van der Waals surface area contributed by atoms with Gasteiger partial charge in [-0.25, -0.2) is 13.1 Å². The molecule has 0 bridgehead atoms. The van der Waals surface area contributed by atoms with Gasteiger partial charge in [-0.1, -0.05) is 24.4 Å². The third-order valence-corrected chi connectivity index (χ3v) is 5.41. The maximum Gasteiger partial charge on any atom is 0.266 e. The van der Waals surface area contributed by atoms with E-state index in [1.807, 2.05) is 6.92 Å². The smallest absolute Gasteiger partial charge is 0.266 e. The van der Waals surface area contributed by atoms with Gasteiger partial charge >= 0.3 is 0 Å². The van der Waals surface area contributed by atoms with Gasteiger partial charge in [0.2, 0.25) is 10.0 Å². The standard InChI is InChI=1S/C12H17ClN2O3S/c1-8(9-4-2-3-5-9)15-19(17,18)10-6-11(13)12(16)14-7-10/h6-9,15H,2-5H2,1H3,(H,14,16). The van der Waals surface area contributed by atoms with E-state index in [2.05, 4.69) is 9.71 Å². The van der Waals surface area contributed by atoms with E-state index in [4.69, 9.17) is 11.6 Å². The van der Waals surface area contributed by atoms with Crippen molar-refractivity contribution in [3.05, 3.63) is 27.6 Å². The van der Waals surface area contributed by atoms with Crippen LogP contribution < -0.4 is 10.3 Å². The fourth-order valence-electron chi connectivity index (χ4n) is 2.46. The van der Waals surface area contributed by atoms with Crippen molar-refractivity contribution in [3.63, 3.8) is 0 Å². The van der Waals surface area contributed by atoms with E-state index < -0.39 is 15.6 Å². The second-order valence-electron chi connectivity index (χ2n) is 4.97. The summed E-state index contributed by atoms with van der Waals surface area (Å²) in [4.78, 5) is 13.4. The van der Waals surface area contributed by atoms with Crippen molar-refractivity contribution in [1.29, 1.82) is 0 Å². The van der Waals surface area contributed by atoms with E-state index in [0.717, 1.165) is 31.9 Å². The van der Waals surface area contributed by atoms with Crippen LogP contribution in [0.15, 0.2) is 22.0 Å². The van der Waals surface area contributed by atoms with Crippen molar-refractivity contribution in [3.8, 4) is 0 Å². The summed E-state index contributed by atoms with van der Waals surface area (Å²) in [6.45, 7) is 1.88. The molecule has 1 aliphatic carbocycles. The van der Waals surface area contributed by atoms with Crippen molar-refractivity contribution in [2.75, 3.05) is 0 Å². The molecule has 2 N–H and O–H groups in total. The molecule has 0 aromatic carbocycles. The quantitative estimate of drug-likeness (QED) is 0.891. The summed E-state index contributed by atoms with van der Waals surface area (Å²) in [5, 5.41) is -0.128. The van der Waals surface area contributed by atoms with Gasteiger partial charge in [0.25, 0.3) is 5.56 Å². The maximum atomic E-state index is 12.2. The van der Waals surface area contributed by atoms with Gasteiger partial charge in [-0.3, -0.25) is 4.79 Å². The van der Waals surface area contributed by atoms with Gasteiger partial charge in [-0.15, -0.1) is 0 Å². The van der Waals surface area contributed by atoms with Gasteiger partial charge in [0, 0.05) is 12.2 Å². The lowest BCUT2D eigenvalue weighted by atomic mass is 10.0. The lowest BCUT2D eigenvalue weighted by molar-refractivity contribution is 0.424. The number of rotatable bonds is 4. The van der Waals surface area contributed by atoms with Crippen molar-refractivity contribution in [1.82, 2.24) is 9.71 Å². The van der Waals surface area contributed by atoms with Crippen molar-refractivity contribution in [2.45, 2.75) is 43.5 Å². The molecular formula is C12H17ClN2O3S. The Morgan fingerprint density at radius 2 is 2.05 bits per heavy atom. The van der Waals surface area contributed by atoms with Gasteiger partial charge in [-0.05, 0) is 31.7 Å². The molecule has 1 aliphatic rings. The number of sulfonamides is 1. The second kappa shape index (κ2) is 5.64. The Morgan fingerprint density at radius 1 is 1.42 bits per heavy atom. The topological polar surface area (TPSA) is 79.0 Å². The van der Waals surface area contributed by atoms with E-state index >= 15 is 0 Å². The van der Waals surface area contributed by atoms with Crippen LogP contribution in [0.5, 0.6) is 0 Å². The van der Waals surface area contributed by atoms with Gasteiger partial charge in [-0.2, -0.15) is 0 Å². The van der Waals surface area contributed by atoms with Crippen molar-refractivity contribution in [2.24, 2.45) is 5.92 Å². The van der Waals surface area contributed by atoms with Crippen LogP contribution in [0.25, 0.3) is 0 Å². The zero-order chi connectivity index (χ0) is 14.0. The highest BCUT2D eigenvalue weighted by molar-refractivity contribution is 7.89. The zero-order valence-electron chi connectivity index (χ0n) is 10.6. The Labute approximate surface area is 117 Å². The third-order valence-electron chi connectivity index (χ3n) is 3.59. The van der Waals surface area contributed by atoms with E-state index in [-0.39, 0.29) is 16.0 Å². The fourth-order valence-corrected chi connectivity index (χ4v) is 4.00. The van der Waals surface area contributed by atoms with Crippen LogP contribution in [-0.2, 0) is 10.0 Å². The van der Waals surface area contributed by atoms with Gasteiger partial charge in [0.15, 0.2) is 0 Å². The van der Waals surface area contributed by atoms with Crippen LogP contribution in [0.4, 0.5) is 0 Å². The molecule has 1 unspecified atom stereocenters. The molecule has 1 saturated carbocycles. The molecule has 0 spiro atoms. The molecule has 0 radical (unpaired) electrons. The summed E-state index contributed by atoms with van der Waals surface area (Å²) < 4.78 is 27.0. The Morgan fingerprint density at radius 3 is 2.63 bits per heavy atom. The lowest BCUT2D eigenvalue weighted by Crippen LogP contribution is -2.37. The van der Waals surface area contributed by atoms with Gasteiger partial charge in [0.1, 0.15) is 5.02 Å². The molecule has 19 heavy (non-hydrogen) atoms. The minimum absolute atomic E-state index is 0.0121. The number of aromatic nitrogens is 1. The number of hydrogen-bond donors (Lipinski definition) is 2. The summed E-state index contributed by atoms with van der Waals surface area (Å²) in [6, 6.07) is 1.06. The first-order valence-electron chi connectivity index (χ1n) is 6.31. The fraction of sp³-hybridized carbons (Fsp3) is 0.583. The highest BCUT2D eigenvalue weighted by Crippen LogP contribution is 2.28. The molecule has 1 atom stereocenters. The van der Waals surface area contributed by atoms with E-state index in [0.29, 0.717) is 5.92 Å². The van der Waals surface area contributed by atoms with E-state index in [9.17, 15) is 13.2 Å². The normalized spacial score (nSPS) is 18.6. The van der Waals surface area contributed by atoms with Crippen LogP contribution in [0.3, 0.4) is 0 Å². The van der Waals surface area contributed by atoms with Crippen molar-refractivity contribution >= 4 is 21.6 Å². The predicted octanol–water partition coefficient (Wildman–Crippen LogP) is 1.89. The molecule has 106 valence electrons. The average molecular weight is 305 g/mol. The zero-order valence-corrected chi connectivity index (χ0v) is 12.2. The molecule has 1 aromatic heterocycles. The Balaban J connectivity index is 2.17.